The molecule has 0 spiro atoms. The molecule has 2 heterocycles. The number of nitrogens with one attached hydrogen (secondary N) is 1. The SMILES string of the molecule is CC(=O)N1CC(C2CC2)Nc2cocc21. The second-order valence-electron chi connectivity index (χ2n) is 4.39. The number of fused-ring (bicyclic) bond motifs is 1. The Balaban J connectivity index is 1.92. The van der Waals surface area contributed by atoms with E-state index >= 15 is 0 Å². The second kappa shape index (κ2) is 3.02. The number of furan rings is 1. The molecule has 0 saturated heterocycles. The van der Waals surface area contributed by atoms with Crippen LogP contribution in [-0.4, -0.2) is 18.5 Å². The maximum absolute atomic E-state index is 11.5. The summed E-state index contributed by atoms with van der Waals surface area (Å²) < 4.78 is 5.14. The summed E-state index contributed by atoms with van der Waals surface area (Å²) in [5.41, 5.74) is 1.83. The molecule has 4 nitrogen and oxygen atoms in total. The van der Waals surface area contributed by atoms with E-state index in [0.29, 0.717) is 6.04 Å². The van der Waals surface area contributed by atoms with Crippen molar-refractivity contribution in [3.63, 3.8) is 0 Å². The molecule has 80 valence electrons. The Kier molecular flexibility index (Phi) is 1.78. The lowest BCUT2D eigenvalue weighted by Crippen LogP contribution is -2.44. The largest absolute Gasteiger partial charge is 0.468 e. The molecule has 4 heteroatoms. The molecule has 1 fully saturated rings. The van der Waals surface area contributed by atoms with E-state index in [9.17, 15) is 4.79 Å². The lowest BCUT2D eigenvalue weighted by molar-refractivity contribution is -0.116. The third kappa shape index (κ3) is 1.40. The summed E-state index contributed by atoms with van der Waals surface area (Å²) in [6.45, 7) is 2.37. The van der Waals surface area contributed by atoms with Crippen molar-refractivity contribution in [1.29, 1.82) is 0 Å². The third-order valence-corrected chi connectivity index (χ3v) is 3.22. The Labute approximate surface area is 88.2 Å². The van der Waals surface area contributed by atoms with E-state index in [0.717, 1.165) is 23.8 Å². The Bertz CT molecular complexity index is 395. The van der Waals surface area contributed by atoms with Crippen LogP contribution in [0.3, 0.4) is 0 Å². The van der Waals surface area contributed by atoms with Crippen LogP contribution < -0.4 is 10.2 Å². The fourth-order valence-electron chi connectivity index (χ4n) is 2.21. The molecule has 15 heavy (non-hydrogen) atoms. The Morgan fingerprint density at radius 3 is 3.00 bits per heavy atom. The summed E-state index contributed by atoms with van der Waals surface area (Å²) in [7, 11) is 0. The second-order valence-corrected chi connectivity index (χ2v) is 4.39. The zero-order valence-corrected chi connectivity index (χ0v) is 8.69. The van der Waals surface area contributed by atoms with Crippen LogP contribution in [0.15, 0.2) is 16.9 Å². The first-order chi connectivity index (χ1) is 7.25. The molecule has 3 rings (SSSR count). The van der Waals surface area contributed by atoms with Crippen LogP contribution in [0.5, 0.6) is 0 Å². The van der Waals surface area contributed by atoms with Crippen molar-refractivity contribution in [1.82, 2.24) is 0 Å². The van der Waals surface area contributed by atoms with Gasteiger partial charge < -0.3 is 14.6 Å². The minimum atomic E-state index is 0.0878. The van der Waals surface area contributed by atoms with Crippen molar-refractivity contribution in [3.05, 3.63) is 12.5 Å². The maximum Gasteiger partial charge on any atom is 0.224 e. The molecular weight excluding hydrogens is 192 g/mol. The zero-order valence-electron chi connectivity index (χ0n) is 8.69. The van der Waals surface area contributed by atoms with Crippen molar-refractivity contribution in [2.24, 2.45) is 5.92 Å². The fourth-order valence-corrected chi connectivity index (χ4v) is 2.21. The quantitative estimate of drug-likeness (QED) is 0.762. The van der Waals surface area contributed by atoms with Crippen LogP contribution in [0.2, 0.25) is 0 Å². The highest BCUT2D eigenvalue weighted by Gasteiger charge is 2.37. The molecule has 1 N–H and O–H groups in total. The molecule has 1 unspecified atom stereocenters. The predicted octanol–water partition coefficient (Wildman–Crippen LogP) is 1.84. The minimum Gasteiger partial charge on any atom is -0.468 e. The number of carbonyl (C=O) groups excluding carboxylic acids is 1. The molecule has 1 amide bonds. The summed E-state index contributed by atoms with van der Waals surface area (Å²) in [5, 5.41) is 3.44. The Hall–Kier alpha value is -1.45. The van der Waals surface area contributed by atoms with Crippen molar-refractivity contribution in [2.45, 2.75) is 25.8 Å². The van der Waals surface area contributed by atoms with E-state index in [2.05, 4.69) is 5.32 Å². The number of hydrogen-bond acceptors (Lipinski definition) is 3. The van der Waals surface area contributed by atoms with Crippen LogP contribution in [0.25, 0.3) is 0 Å². The van der Waals surface area contributed by atoms with E-state index in [4.69, 9.17) is 4.42 Å². The lowest BCUT2D eigenvalue weighted by atomic mass is 10.1. The van der Waals surface area contributed by atoms with Crippen LogP contribution in [0, 0.1) is 5.92 Å². The highest BCUT2D eigenvalue weighted by Crippen LogP contribution is 2.40. The topological polar surface area (TPSA) is 45.5 Å². The van der Waals surface area contributed by atoms with Crippen LogP contribution >= 0.6 is 0 Å². The van der Waals surface area contributed by atoms with E-state index in [1.165, 1.54) is 12.8 Å². The molecule has 1 saturated carbocycles. The summed E-state index contributed by atoms with van der Waals surface area (Å²) in [6.07, 6.45) is 5.86. The fraction of sp³-hybridized carbons (Fsp3) is 0.545. The van der Waals surface area contributed by atoms with Gasteiger partial charge in [-0.1, -0.05) is 0 Å². The average Bonchev–Trinajstić information content (AvgIpc) is 2.95. The van der Waals surface area contributed by atoms with Crippen LogP contribution in [-0.2, 0) is 4.79 Å². The minimum absolute atomic E-state index is 0.0878. The van der Waals surface area contributed by atoms with Crippen molar-refractivity contribution >= 4 is 17.3 Å². The number of anilines is 2. The first-order valence-corrected chi connectivity index (χ1v) is 5.36. The first kappa shape index (κ1) is 8.83. The van der Waals surface area contributed by atoms with Gasteiger partial charge in [-0.2, -0.15) is 0 Å². The summed E-state index contributed by atoms with van der Waals surface area (Å²) in [5.74, 6) is 0.819. The van der Waals surface area contributed by atoms with Gasteiger partial charge in [-0.15, -0.1) is 0 Å². The van der Waals surface area contributed by atoms with Gasteiger partial charge in [-0.25, -0.2) is 0 Å². The maximum atomic E-state index is 11.5. The molecular formula is C11H14N2O2. The molecule has 1 aliphatic heterocycles. The zero-order chi connectivity index (χ0) is 10.4. The van der Waals surface area contributed by atoms with Gasteiger partial charge in [-0.3, -0.25) is 4.79 Å². The van der Waals surface area contributed by atoms with Crippen molar-refractivity contribution in [2.75, 3.05) is 16.8 Å². The molecule has 0 radical (unpaired) electrons. The molecule has 1 aromatic heterocycles. The van der Waals surface area contributed by atoms with Gasteiger partial charge in [0.25, 0.3) is 0 Å². The molecule has 2 aliphatic rings. The van der Waals surface area contributed by atoms with Gasteiger partial charge in [0.2, 0.25) is 5.91 Å². The predicted molar refractivity (Wildman–Crippen MR) is 56.9 cm³/mol. The van der Waals surface area contributed by atoms with Gasteiger partial charge in [-0.05, 0) is 18.8 Å². The van der Waals surface area contributed by atoms with Gasteiger partial charge in [0, 0.05) is 19.5 Å². The highest BCUT2D eigenvalue weighted by atomic mass is 16.3. The number of rotatable bonds is 1. The Morgan fingerprint density at radius 2 is 2.33 bits per heavy atom. The van der Waals surface area contributed by atoms with Gasteiger partial charge >= 0.3 is 0 Å². The number of carbonyl (C=O) groups is 1. The normalized spacial score (nSPS) is 24.6. The number of hydrogen-bond donors (Lipinski definition) is 1. The van der Waals surface area contributed by atoms with E-state index < -0.39 is 0 Å². The number of amides is 1. The molecule has 1 aliphatic carbocycles. The van der Waals surface area contributed by atoms with Crippen molar-refractivity contribution in [3.8, 4) is 0 Å². The van der Waals surface area contributed by atoms with Gasteiger partial charge in [0.05, 0.1) is 5.69 Å². The number of nitrogens with zero attached hydrogens (tertiary/aromatic N) is 1. The summed E-state index contributed by atoms with van der Waals surface area (Å²) in [4.78, 5) is 13.3. The van der Waals surface area contributed by atoms with E-state index in [1.54, 1.807) is 24.3 Å². The third-order valence-electron chi connectivity index (χ3n) is 3.22. The van der Waals surface area contributed by atoms with Gasteiger partial charge in [0.1, 0.15) is 18.2 Å². The monoisotopic (exact) mass is 206 g/mol. The lowest BCUT2D eigenvalue weighted by Gasteiger charge is -2.32. The van der Waals surface area contributed by atoms with Gasteiger partial charge in [0.15, 0.2) is 0 Å². The van der Waals surface area contributed by atoms with Crippen LogP contribution in [0.1, 0.15) is 19.8 Å². The molecule has 1 atom stereocenters. The standard InChI is InChI=1S/C11H14N2O2/c1-7(14)13-4-9(8-2-3-8)12-10-5-15-6-11(10)13/h5-6,8-9,12H,2-4H2,1H3. The highest BCUT2D eigenvalue weighted by molar-refractivity contribution is 5.96. The van der Waals surface area contributed by atoms with E-state index in [-0.39, 0.29) is 5.91 Å². The summed E-state index contributed by atoms with van der Waals surface area (Å²) >= 11 is 0. The average molecular weight is 206 g/mol. The smallest absolute Gasteiger partial charge is 0.224 e. The Morgan fingerprint density at radius 1 is 1.53 bits per heavy atom. The van der Waals surface area contributed by atoms with Crippen molar-refractivity contribution < 1.29 is 9.21 Å². The van der Waals surface area contributed by atoms with Crippen LogP contribution in [0.4, 0.5) is 11.4 Å². The molecule has 1 aromatic rings. The molecule has 0 bridgehead atoms. The first-order valence-electron chi connectivity index (χ1n) is 5.36. The molecule has 0 aromatic carbocycles. The van der Waals surface area contributed by atoms with E-state index in [1.807, 2.05) is 0 Å². The summed E-state index contributed by atoms with van der Waals surface area (Å²) in [6, 6.07) is 0.402.